The number of anilines is 1. The van der Waals surface area contributed by atoms with E-state index in [0.717, 1.165) is 12.0 Å². The van der Waals surface area contributed by atoms with Crippen LogP contribution >= 0.6 is 11.3 Å². The monoisotopic (exact) mass is 386 g/mol. The number of rotatable bonds is 6. The summed E-state index contributed by atoms with van der Waals surface area (Å²) in [5.41, 5.74) is 1.54. The summed E-state index contributed by atoms with van der Waals surface area (Å²) in [4.78, 5) is 38.5. The predicted molar refractivity (Wildman–Crippen MR) is 104 cm³/mol. The minimum absolute atomic E-state index is 0.0966. The second kappa shape index (κ2) is 8.35. The van der Waals surface area contributed by atoms with E-state index in [1.165, 1.54) is 11.3 Å². The fourth-order valence-corrected chi connectivity index (χ4v) is 3.89. The quantitative estimate of drug-likeness (QED) is 0.798. The number of hydrogen-bond donors (Lipinski definition) is 2. The fourth-order valence-electron chi connectivity index (χ4n) is 3.21. The van der Waals surface area contributed by atoms with Crippen molar-refractivity contribution in [2.45, 2.75) is 32.2 Å². The first-order valence-corrected chi connectivity index (χ1v) is 9.80. The number of carboxylic acids is 1. The molecule has 2 heterocycles. The Morgan fingerprint density at radius 1 is 1.26 bits per heavy atom. The molecule has 27 heavy (non-hydrogen) atoms. The number of aliphatic carboxylic acids is 1. The zero-order valence-corrected chi connectivity index (χ0v) is 15.9. The van der Waals surface area contributed by atoms with Crippen LogP contribution in [-0.4, -0.2) is 40.4 Å². The van der Waals surface area contributed by atoms with E-state index in [1.54, 1.807) is 30.0 Å². The van der Waals surface area contributed by atoms with Gasteiger partial charge in [0, 0.05) is 12.2 Å². The largest absolute Gasteiger partial charge is 0.481 e. The summed E-state index contributed by atoms with van der Waals surface area (Å²) in [6.07, 6.45) is 1.90. The Balaban J connectivity index is 1.62. The van der Waals surface area contributed by atoms with Gasteiger partial charge < -0.3 is 15.3 Å². The van der Waals surface area contributed by atoms with Crippen LogP contribution in [0.15, 0.2) is 41.8 Å². The molecule has 0 saturated carbocycles. The van der Waals surface area contributed by atoms with E-state index < -0.39 is 17.9 Å². The molecule has 2 unspecified atom stereocenters. The molecule has 1 saturated heterocycles. The van der Waals surface area contributed by atoms with Gasteiger partial charge in [0.15, 0.2) is 0 Å². The van der Waals surface area contributed by atoms with Crippen molar-refractivity contribution in [2.75, 3.05) is 11.9 Å². The van der Waals surface area contributed by atoms with Gasteiger partial charge in [-0.25, -0.2) is 0 Å². The summed E-state index contributed by atoms with van der Waals surface area (Å²) in [6.45, 7) is 2.25. The molecule has 1 fully saturated rings. The Morgan fingerprint density at radius 3 is 2.63 bits per heavy atom. The highest BCUT2D eigenvalue weighted by Crippen LogP contribution is 2.23. The molecule has 0 bridgehead atoms. The highest BCUT2D eigenvalue weighted by molar-refractivity contribution is 7.12. The smallest absolute Gasteiger partial charge is 0.306 e. The number of amides is 2. The number of thiophene rings is 1. The Labute approximate surface area is 161 Å². The van der Waals surface area contributed by atoms with Crippen molar-refractivity contribution in [3.8, 4) is 0 Å². The lowest BCUT2D eigenvalue weighted by Crippen LogP contribution is -2.42. The Morgan fingerprint density at radius 2 is 2.00 bits per heavy atom. The molecule has 2 atom stereocenters. The third kappa shape index (κ3) is 4.54. The Kier molecular flexibility index (Phi) is 5.91. The van der Waals surface area contributed by atoms with Crippen molar-refractivity contribution in [1.82, 2.24) is 4.90 Å². The molecule has 142 valence electrons. The summed E-state index contributed by atoms with van der Waals surface area (Å²) in [5.74, 6) is -1.57. The first kappa shape index (κ1) is 19.1. The first-order valence-electron chi connectivity index (χ1n) is 8.93. The molecule has 0 aliphatic carbocycles. The van der Waals surface area contributed by atoms with Crippen LogP contribution in [0.5, 0.6) is 0 Å². The van der Waals surface area contributed by atoms with Gasteiger partial charge in [-0.1, -0.05) is 25.1 Å². The SMILES string of the molecule is CC(Cc1ccc(NC(=O)C2CCCN2C(=O)c2cccs2)cc1)C(=O)O. The van der Waals surface area contributed by atoms with E-state index >= 15 is 0 Å². The molecule has 3 rings (SSSR count). The van der Waals surface area contributed by atoms with Gasteiger partial charge in [-0.2, -0.15) is 0 Å². The van der Waals surface area contributed by atoms with Crippen molar-refractivity contribution in [2.24, 2.45) is 5.92 Å². The van der Waals surface area contributed by atoms with Crippen molar-refractivity contribution < 1.29 is 19.5 Å². The lowest BCUT2D eigenvalue weighted by molar-refractivity contribution is -0.141. The first-order chi connectivity index (χ1) is 13.0. The van der Waals surface area contributed by atoms with Crippen molar-refractivity contribution in [3.05, 3.63) is 52.2 Å². The average Bonchev–Trinajstić information content (AvgIpc) is 3.34. The minimum Gasteiger partial charge on any atom is -0.481 e. The van der Waals surface area contributed by atoms with Crippen LogP contribution in [0, 0.1) is 5.92 Å². The summed E-state index contributed by atoms with van der Waals surface area (Å²) in [5, 5.41) is 13.7. The number of hydrogen-bond acceptors (Lipinski definition) is 4. The van der Waals surface area contributed by atoms with Gasteiger partial charge >= 0.3 is 5.97 Å². The summed E-state index contributed by atoms with van der Waals surface area (Å²) in [6, 6.07) is 10.3. The lowest BCUT2D eigenvalue weighted by Gasteiger charge is -2.23. The van der Waals surface area contributed by atoms with E-state index in [4.69, 9.17) is 5.11 Å². The maximum absolute atomic E-state index is 12.7. The van der Waals surface area contributed by atoms with Gasteiger partial charge in [-0.3, -0.25) is 14.4 Å². The maximum Gasteiger partial charge on any atom is 0.306 e. The van der Waals surface area contributed by atoms with E-state index in [0.29, 0.717) is 30.0 Å². The van der Waals surface area contributed by atoms with Gasteiger partial charge in [0.05, 0.1) is 10.8 Å². The molecule has 0 radical (unpaired) electrons. The summed E-state index contributed by atoms with van der Waals surface area (Å²) >= 11 is 1.38. The number of carbonyl (C=O) groups is 3. The van der Waals surface area contributed by atoms with Crippen LogP contribution in [0.3, 0.4) is 0 Å². The standard InChI is InChI=1S/C20H22N2O4S/c1-13(20(25)26)12-14-6-8-15(9-7-14)21-18(23)16-4-2-10-22(16)19(24)17-5-3-11-27-17/h3,5-9,11,13,16H,2,4,10,12H2,1H3,(H,21,23)(H,25,26). The molecule has 2 amide bonds. The zero-order chi connectivity index (χ0) is 19.4. The molecular formula is C20H22N2O4S. The third-order valence-corrected chi connectivity index (χ3v) is 5.59. The Bertz CT molecular complexity index is 817. The molecule has 7 heteroatoms. The van der Waals surface area contributed by atoms with Crippen molar-refractivity contribution in [1.29, 1.82) is 0 Å². The predicted octanol–water partition coefficient (Wildman–Crippen LogP) is 3.25. The minimum atomic E-state index is -0.830. The van der Waals surface area contributed by atoms with Gasteiger partial charge in [0.1, 0.15) is 6.04 Å². The maximum atomic E-state index is 12.7. The number of benzene rings is 1. The molecular weight excluding hydrogens is 364 g/mol. The van der Waals surface area contributed by atoms with Crippen LogP contribution < -0.4 is 5.32 Å². The number of carboxylic acid groups (broad SMARTS) is 1. The van der Waals surface area contributed by atoms with Crippen LogP contribution in [-0.2, 0) is 16.0 Å². The van der Waals surface area contributed by atoms with Gasteiger partial charge in [0.25, 0.3) is 5.91 Å². The number of carbonyl (C=O) groups excluding carboxylic acids is 2. The van der Waals surface area contributed by atoms with E-state index in [1.807, 2.05) is 23.6 Å². The fraction of sp³-hybridized carbons (Fsp3) is 0.350. The molecule has 1 aliphatic heterocycles. The average molecular weight is 386 g/mol. The van der Waals surface area contributed by atoms with E-state index in [-0.39, 0.29) is 11.8 Å². The molecule has 1 aromatic heterocycles. The second-order valence-corrected chi connectivity index (χ2v) is 7.71. The summed E-state index contributed by atoms with van der Waals surface area (Å²) < 4.78 is 0. The number of nitrogens with zero attached hydrogens (tertiary/aromatic N) is 1. The Hall–Kier alpha value is -2.67. The lowest BCUT2D eigenvalue weighted by atomic mass is 10.0. The number of nitrogens with one attached hydrogen (secondary N) is 1. The molecule has 1 aliphatic rings. The van der Waals surface area contributed by atoms with Crippen LogP contribution in [0.25, 0.3) is 0 Å². The molecule has 2 aromatic rings. The van der Waals surface area contributed by atoms with E-state index in [9.17, 15) is 14.4 Å². The van der Waals surface area contributed by atoms with E-state index in [2.05, 4.69) is 5.32 Å². The number of likely N-dealkylation sites (tertiary alicyclic amines) is 1. The van der Waals surface area contributed by atoms with Crippen molar-refractivity contribution >= 4 is 34.8 Å². The summed E-state index contributed by atoms with van der Waals surface area (Å²) in [7, 11) is 0. The molecule has 2 N–H and O–H groups in total. The van der Waals surface area contributed by atoms with Crippen LogP contribution in [0.2, 0.25) is 0 Å². The zero-order valence-electron chi connectivity index (χ0n) is 15.1. The van der Waals surface area contributed by atoms with Crippen LogP contribution in [0.1, 0.15) is 35.0 Å². The second-order valence-electron chi connectivity index (χ2n) is 6.76. The third-order valence-electron chi connectivity index (χ3n) is 4.73. The molecule has 6 nitrogen and oxygen atoms in total. The van der Waals surface area contributed by atoms with Gasteiger partial charge in [-0.15, -0.1) is 11.3 Å². The van der Waals surface area contributed by atoms with Crippen molar-refractivity contribution in [3.63, 3.8) is 0 Å². The van der Waals surface area contributed by atoms with Crippen LogP contribution in [0.4, 0.5) is 5.69 Å². The van der Waals surface area contributed by atoms with Gasteiger partial charge in [0.2, 0.25) is 5.91 Å². The highest BCUT2D eigenvalue weighted by Gasteiger charge is 2.34. The highest BCUT2D eigenvalue weighted by atomic mass is 32.1. The normalized spacial score (nSPS) is 17.5. The van der Waals surface area contributed by atoms with Gasteiger partial charge in [-0.05, 0) is 48.4 Å². The molecule has 1 aromatic carbocycles. The molecule has 0 spiro atoms. The topological polar surface area (TPSA) is 86.7 Å².